The molecule has 0 unspecified atom stereocenters. The number of nitro groups is 1. The van der Waals surface area contributed by atoms with Gasteiger partial charge in [-0.15, -0.1) is 0 Å². The van der Waals surface area contributed by atoms with Crippen molar-refractivity contribution in [1.82, 2.24) is 5.32 Å². The molecule has 0 bridgehead atoms. The standard InChI is InChI=1S/C17H15F2N3O5S/c1-2-26-14-8-7-10(9-12(14)22(24)25)15(23)21-17(28)20-11-5-3-4-6-13(11)27-16(18)19/h3-9,16H,2H2,1H3,(H2,20,21,23,28). The van der Waals surface area contributed by atoms with Crippen LogP contribution in [0.5, 0.6) is 11.5 Å². The zero-order valence-corrected chi connectivity index (χ0v) is 15.3. The van der Waals surface area contributed by atoms with Crippen molar-refractivity contribution < 1.29 is 28.0 Å². The molecule has 2 aromatic carbocycles. The van der Waals surface area contributed by atoms with Gasteiger partial charge in [0.1, 0.15) is 5.75 Å². The molecule has 2 rings (SSSR count). The highest BCUT2D eigenvalue weighted by Gasteiger charge is 2.19. The summed E-state index contributed by atoms with van der Waals surface area (Å²) in [6.07, 6.45) is 0. The van der Waals surface area contributed by atoms with E-state index in [1.807, 2.05) is 0 Å². The van der Waals surface area contributed by atoms with Crippen molar-refractivity contribution in [3.05, 3.63) is 58.1 Å². The summed E-state index contributed by atoms with van der Waals surface area (Å²) in [6, 6.07) is 9.47. The zero-order valence-electron chi connectivity index (χ0n) is 14.5. The third kappa shape index (κ3) is 5.58. The summed E-state index contributed by atoms with van der Waals surface area (Å²) in [5.74, 6) is -0.857. The molecule has 0 radical (unpaired) electrons. The molecule has 1 amide bonds. The smallest absolute Gasteiger partial charge is 0.387 e. The van der Waals surface area contributed by atoms with Gasteiger partial charge < -0.3 is 14.8 Å². The van der Waals surface area contributed by atoms with Crippen LogP contribution < -0.4 is 20.1 Å². The van der Waals surface area contributed by atoms with Crippen LogP contribution in [0.2, 0.25) is 0 Å². The molecule has 8 nitrogen and oxygen atoms in total. The Bertz CT molecular complexity index is 895. The average molecular weight is 411 g/mol. The summed E-state index contributed by atoms with van der Waals surface area (Å²) in [7, 11) is 0. The molecule has 2 N–H and O–H groups in total. The molecular weight excluding hydrogens is 396 g/mol. The lowest BCUT2D eigenvalue weighted by atomic mass is 10.1. The Kier molecular flexibility index (Phi) is 7.15. The van der Waals surface area contributed by atoms with Crippen LogP contribution in [0.25, 0.3) is 0 Å². The Hall–Kier alpha value is -3.34. The van der Waals surface area contributed by atoms with Crippen LogP contribution in [0.15, 0.2) is 42.5 Å². The summed E-state index contributed by atoms with van der Waals surface area (Å²) in [4.78, 5) is 22.8. The van der Waals surface area contributed by atoms with Gasteiger partial charge in [0.25, 0.3) is 5.91 Å². The summed E-state index contributed by atoms with van der Waals surface area (Å²) < 4.78 is 34.4. The maximum Gasteiger partial charge on any atom is 0.387 e. The molecule has 28 heavy (non-hydrogen) atoms. The quantitative estimate of drug-likeness (QED) is 0.407. The number of hydrogen-bond donors (Lipinski definition) is 2. The summed E-state index contributed by atoms with van der Waals surface area (Å²) in [6.45, 7) is -1.14. The molecule has 0 atom stereocenters. The molecule has 0 saturated heterocycles. The normalized spacial score (nSPS) is 10.3. The van der Waals surface area contributed by atoms with Gasteiger partial charge in [-0.1, -0.05) is 12.1 Å². The van der Waals surface area contributed by atoms with Gasteiger partial charge >= 0.3 is 12.3 Å². The molecule has 0 spiro atoms. The first-order chi connectivity index (χ1) is 13.3. The molecular formula is C17H15F2N3O5S. The van der Waals surface area contributed by atoms with Crippen LogP contribution in [0.4, 0.5) is 20.2 Å². The Morgan fingerprint density at radius 2 is 1.96 bits per heavy atom. The van der Waals surface area contributed by atoms with Crippen molar-refractivity contribution in [1.29, 1.82) is 0 Å². The predicted octanol–water partition coefficient (Wildman–Crippen LogP) is 3.72. The molecule has 0 heterocycles. The molecule has 0 aromatic heterocycles. The van der Waals surface area contributed by atoms with Gasteiger partial charge in [0.15, 0.2) is 10.9 Å². The molecule has 148 valence electrons. The van der Waals surface area contributed by atoms with Gasteiger partial charge in [0.05, 0.1) is 17.2 Å². The van der Waals surface area contributed by atoms with E-state index in [4.69, 9.17) is 17.0 Å². The third-order valence-corrected chi connectivity index (χ3v) is 3.50. The SMILES string of the molecule is CCOc1ccc(C(=O)NC(=S)Nc2ccccc2OC(F)F)cc1[N+](=O)[O-]. The minimum atomic E-state index is -3.03. The lowest BCUT2D eigenvalue weighted by Gasteiger charge is -2.14. The maximum absolute atomic E-state index is 12.4. The van der Waals surface area contributed by atoms with Gasteiger partial charge in [-0.25, -0.2) is 0 Å². The van der Waals surface area contributed by atoms with Crippen molar-refractivity contribution >= 4 is 34.6 Å². The Morgan fingerprint density at radius 1 is 1.25 bits per heavy atom. The third-order valence-electron chi connectivity index (χ3n) is 3.30. The number of alkyl halides is 2. The number of benzene rings is 2. The maximum atomic E-state index is 12.4. The number of thiocarbonyl (C=S) groups is 1. The Labute approximate surface area is 163 Å². The van der Waals surface area contributed by atoms with Crippen molar-refractivity contribution in [3.63, 3.8) is 0 Å². The minimum absolute atomic E-state index is 0.0304. The van der Waals surface area contributed by atoms with E-state index in [-0.39, 0.29) is 40.2 Å². The number of rotatable bonds is 7. The molecule has 0 aliphatic heterocycles. The average Bonchev–Trinajstić information content (AvgIpc) is 2.63. The fourth-order valence-electron chi connectivity index (χ4n) is 2.18. The van der Waals surface area contributed by atoms with Crippen LogP contribution in [-0.4, -0.2) is 29.2 Å². The number of ether oxygens (including phenoxy) is 2. The number of hydrogen-bond acceptors (Lipinski definition) is 6. The van der Waals surface area contributed by atoms with E-state index >= 15 is 0 Å². The molecule has 0 aliphatic rings. The van der Waals surface area contributed by atoms with Crippen molar-refractivity contribution in [3.8, 4) is 11.5 Å². The Balaban J connectivity index is 2.12. The van der Waals surface area contributed by atoms with E-state index in [2.05, 4.69) is 15.4 Å². The second-order valence-electron chi connectivity index (χ2n) is 5.16. The lowest BCUT2D eigenvalue weighted by molar-refractivity contribution is -0.385. The lowest BCUT2D eigenvalue weighted by Crippen LogP contribution is -2.34. The highest BCUT2D eigenvalue weighted by atomic mass is 32.1. The second-order valence-corrected chi connectivity index (χ2v) is 5.56. The molecule has 0 aliphatic carbocycles. The van der Waals surface area contributed by atoms with Gasteiger partial charge in [0.2, 0.25) is 0 Å². The summed E-state index contributed by atoms with van der Waals surface area (Å²) in [5, 5.41) is 15.8. The Morgan fingerprint density at radius 3 is 2.61 bits per heavy atom. The number of nitro benzene ring substituents is 1. The van der Waals surface area contributed by atoms with E-state index in [1.54, 1.807) is 13.0 Å². The van der Waals surface area contributed by atoms with Crippen molar-refractivity contribution in [2.24, 2.45) is 0 Å². The van der Waals surface area contributed by atoms with E-state index in [1.165, 1.54) is 30.3 Å². The molecule has 11 heteroatoms. The first kappa shape index (κ1) is 21.0. The van der Waals surface area contributed by atoms with Crippen LogP contribution in [-0.2, 0) is 0 Å². The van der Waals surface area contributed by atoms with Crippen LogP contribution >= 0.6 is 12.2 Å². The van der Waals surface area contributed by atoms with Gasteiger partial charge in [-0.3, -0.25) is 20.2 Å². The number of carbonyl (C=O) groups is 1. The van der Waals surface area contributed by atoms with E-state index < -0.39 is 17.4 Å². The number of nitrogens with zero attached hydrogens (tertiary/aromatic N) is 1. The first-order valence-electron chi connectivity index (χ1n) is 7.89. The monoisotopic (exact) mass is 411 g/mol. The van der Waals surface area contributed by atoms with Gasteiger partial charge in [-0.2, -0.15) is 8.78 Å². The number of carbonyl (C=O) groups excluding carboxylic acids is 1. The largest absolute Gasteiger partial charge is 0.487 e. The molecule has 0 fully saturated rings. The highest BCUT2D eigenvalue weighted by Crippen LogP contribution is 2.28. The minimum Gasteiger partial charge on any atom is -0.487 e. The van der Waals surface area contributed by atoms with E-state index in [0.717, 1.165) is 6.07 Å². The second kappa shape index (κ2) is 9.55. The fraction of sp³-hybridized carbons (Fsp3) is 0.176. The molecule has 0 saturated carbocycles. The summed E-state index contributed by atoms with van der Waals surface area (Å²) >= 11 is 4.99. The van der Waals surface area contributed by atoms with Crippen molar-refractivity contribution in [2.45, 2.75) is 13.5 Å². The van der Waals surface area contributed by atoms with Gasteiger partial charge in [0, 0.05) is 11.6 Å². The fourth-order valence-corrected chi connectivity index (χ4v) is 2.38. The van der Waals surface area contributed by atoms with E-state index in [0.29, 0.717) is 0 Å². The summed E-state index contributed by atoms with van der Waals surface area (Å²) in [5.41, 5.74) is -0.286. The number of halogens is 2. The zero-order chi connectivity index (χ0) is 20.7. The number of nitrogens with one attached hydrogen (secondary N) is 2. The predicted molar refractivity (Wildman–Crippen MR) is 101 cm³/mol. The van der Waals surface area contributed by atoms with Crippen LogP contribution in [0, 0.1) is 10.1 Å². The van der Waals surface area contributed by atoms with Crippen LogP contribution in [0.3, 0.4) is 0 Å². The van der Waals surface area contributed by atoms with Crippen molar-refractivity contribution in [2.75, 3.05) is 11.9 Å². The highest BCUT2D eigenvalue weighted by molar-refractivity contribution is 7.80. The number of anilines is 1. The topological polar surface area (TPSA) is 103 Å². The van der Waals surface area contributed by atoms with Crippen LogP contribution in [0.1, 0.15) is 17.3 Å². The number of para-hydroxylation sites is 2. The first-order valence-corrected chi connectivity index (χ1v) is 8.30. The number of amides is 1. The van der Waals surface area contributed by atoms with Gasteiger partial charge in [-0.05, 0) is 43.4 Å². The van der Waals surface area contributed by atoms with E-state index in [9.17, 15) is 23.7 Å². The molecule has 2 aromatic rings.